The van der Waals surface area contributed by atoms with Crippen LogP contribution in [0.5, 0.6) is 0 Å². The van der Waals surface area contributed by atoms with Crippen molar-refractivity contribution in [3.8, 4) is 0 Å². The van der Waals surface area contributed by atoms with Crippen LogP contribution in [0, 0.1) is 6.92 Å². The summed E-state index contributed by atoms with van der Waals surface area (Å²) < 4.78 is 6.34. The Kier molecular flexibility index (Phi) is 5.43. The number of ether oxygens (including phenoxy) is 1. The molecule has 1 atom stereocenters. The molecule has 3 N–H and O–H groups in total. The summed E-state index contributed by atoms with van der Waals surface area (Å²) in [6.45, 7) is 5.33. The first kappa shape index (κ1) is 14.5. The normalized spacial score (nSPS) is 14.4. The summed E-state index contributed by atoms with van der Waals surface area (Å²) in [6.07, 6.45) is 0.920. The zero-order chi connectivity index (χ0) is 12.9. The Morgan fingerprint density at radius 2 is 2.12 bits per heavy atom. The Labute approximate surface area is 112 Å². The fourth-order valence-electron chi connectivity index (χ4n) is 1.87. The molecule has 1 unspecified atom stereocenters. The molecule has 3 nitrogen and oxygen atoms in total. The van der Waals surface area contributed by atoms with Gasteiger partial charge in [-0.25, -0.2) is 0 Å². The molecule has 1 aromatic rings. The van der Waals surface area contributed by atoms with Crippen LogP contribution in [-0.4, -0.2) is 25.8 Å². The van der Waals surface area contributed by atoms with Crippen molar-refractivity contribution in [2.24, 2.45) is 5.73 Å². The van der Waals surface area contributed by atoms with E-state index in [4.69, 9.17) is 10.5 Å². The summed E-state index contributed by atoms with van der Waals surface area (Å²) in [4.78, 5) is 0. The van der Waals surface area contributed by atoms with Crippen molar-refractivity contribution in [2.75, 3.05) is 25.6 Å². The molecule has 0 spiro atoms. The van der Waals surface area contributed by atoms with Gasteiger partial charge in [-0.3, -0.25) is 0 Å². The molecule has 17 heavy (non-hydrogen) atoms. The first-order valence-electron chi connectivity index (χ1n) is 5.79. The highest BCUT2D eigenvalue weighted by molar-refractivity contribution is 9.10. The number of hydrogen-bond donors (Lipinski definition) is 2. The topological polar surface area (TPSA) is 47.3 Å². The summed E-state index contributed by atoms with van der Waals surface area (Å²) in [5.41, 5.74) is 7.96. The smallest absolute Gasteiger partial charge is 0.0725 e. The van der Waals surface area contributed by atoms with E-state index in [1.165, 1.54) is 5.56 Å². The Morgan fingerprint density at radius 1 is 1.41 bits per heavy atom. The fourth-order valence-corrected chi connectivity index (χ4v) is 2.48. The molecule has 4 heteroatoms. The number of benzene rings is 1. The zero-order valence-corrected chi connectivity index (χ0v) is 12.3. The average molecular weight is 301 g/mol. The van der Waals surface area contributed by atoms with Gasteiger partial charge >= 0.3 is 0 Å². The highest BCUT2D eigenvalue weighted by atomic mass is 79.9. The summed E-state index contributed by atoms with van der Waals surface area (Å²) >= 11 is 3.50. The second-order valence-corrected chi connectivity index (χ2v) is 5.33. The van der Waals surface area contributed by atoms with Crippen LogP contribution in [0.3, 0.4) is 0 Å². The lowest BCUT2D eigenvalue weighted by Gasteiger charge is -2.33. The molecule has 0 fully saturated rings. The molecule has 0 aliphatic heterocycles. The van der Waals surface area contributed by atoms with E-state index in [9.17, 15) is 0 Å². The minimum absolute atomic E-state index is 0.192. The van der Waals surface area contributed by atoms with Crippen LogP contribution in [-0.2, 0) is 4.74 Å². The van der Waals surface area contributed by atoms with Gasteiger partial charge in [-0.1, -0.05) is 22.9 Å². The van der Waals surface area contributed by atoms with E-state index in [-0.39, 0.29) is 5.54 Å². The quantitative estimate of drug-likeness (QED) is 0.849. The number of hydrogen-bond acceptors (Lipinski definition) is 3. The SMILES string of the molecule is CCC(CN)(COC)Nc1cc(C)cc(Br)c1. The number of anilines is 1. The summed E-state index contributed by atoms with van der Waals surface area (Å²) in [5.74, 6) is 0. The molecule has 0 aliphatic carbocycles. The highest BCUT2D eigenvalue weighted by Gasteiger charge is 2.26. The van der Waals surface area contributed by atoms with Gasteiger partial charge in [-0.15, -0.1) is 0 Å². The maximum absolute atomic E-state index is 5.87. The van der Waals surface area contributed by atoms with Gasteiger partial charge in [-0.05, 0) is 37.1 Å². The van der Waals surface area contributed by atoms with Crippen LogP contribution < -0.4 is 11.1 Å². The van der Waals surface area contributed by atoms with E-state index in [2.05, 4.69) is 53.3 Å². The van der Waals surface area contributed by atoms with Crippen molar-refractivity contribution in [3.05, 3.63) is 28.2 Å². The van der Waals surface area contributed by atoms with Crippen molar-refractivity contribution in [2.45, 2.75) is 25.8 Å². The number of rotatable bonds is 6. The molecule has 0 saturated heterocycles. The Bertz CT molecular complexity index is 344. The van der Waals surface area contributed by atoms with Crippen LogP contribution in [0.4, 0.5) is 5.69 Å². The Morgan fingerprint density at radius 3 is 2.59 bits per heavy atom. The van der Waals surface area contributed by atoms with Gasteiger partial charge in [0, 0.05) is 23.8 Å². The molecule has 0 amide bonds. The monoisotopic (exact) mass is 300 g/mol. The molecule has 1 aromatic carbocycles. The Hall–Kier alpha value is -0.580. The molecule has 1 rings (SSSR count). The number of methoxy groups -OCH3 is 1. The third-order valence-electron chi connectivity index (χ3n) is 2.94. The number of nitrogens with two attached hydrogens (primary N) is 1. The fraction of sp³-hybridized carbons (Fsp3) is 0.538. The highest BCUT2D eigenvalue weighted by Crippen LogP contribution is 2.23. The molecule has 96 valence electrons. The summed E-state index contributed by atoms with van der Waals surface area (Å²) in [7, 11) is 1.70. The minimum atomic E-state index is -0.192. The zero-order valence-electron chi connectivity index (χ0n) is 10.7. The van der Waals surface area contributed by atoms with E-state index in [0.29, 0.717) is 13.2 Å². The van der Waals surface area contributed by atoms with Crippen molar-refractivity contribution in [3.63, 3.8) is 0 Å². The van der Waals surface area contributed by atoms with Gasteiger partial charge in [0.05, 0.1) is 12.1 Å². The number of halogens is 1. The lowest BCUT2D eigenvalue weighted by atomic mass is 9.96. The van der Waals surface area contributed by atoms with E-state index < -0.39 is 0 Å². The average Bonchev–Trinajstić information content (AvgIpc) is 2.27. The van der Waals surface area contributed by atoms with E-state index in [1.807, 2.05) is 0 Å². The van der Waals surface area contributed by atoms with Gasteiger partial charge < -0.3 is 15.8 Å². The van der Waals surface area contributed by atoms with Crippen LogP contribution in [0.15, 0.2) is 22.7 Å². The molecular formula is C13H21BrN2O. The Balaban J connectivity index is 2.92. The van der Waals surface area contributed by atoms with Gasteiger partial charge in [0.1, 0.15) is 0 Å². The van der Waals surface area contributed by atoms with E-state index in [0.717, 1.165) is 16.6 Å². The molecule has 0 aliphatic rings. The third-order valence-corrected chi connectivity index (χ3v) is 3.40. The van der Waals surface area contributed by atoms with E-state index >= 15 is 0 Å². The standard InChI is InChI=1S/C13H21BrN2O/c1-4-13(8-15,9-17-3)16-12-6-10(2)5-11(14)7-12/h5-7,16H,4,8-9,15H2,1-3H3. The minimum Gasteiger partial charge on any atom is -0.382 e. The predicted octanol–water partition coefficient (Wildman–Crippen LogP) is 2.92. The van der Waals surface area contributed by atoms with Crippen LogP contribution in [0.25, 0.3) is 0 Å². The summed E-state index contributed by atoms with van der Waals surface area (Å²) in [5, 5.41) is 3.49. The van der Waals surface area contributed by atoms with Crippen LogP contribution >= 0.6 is 15.9 Å². The molecule has 0 saturated carbocycles. The number of aryl methyl sites for hydroxylation is 1. The van der Waals surface area contributed by atoms with E-state index in [1.54, 1.807) is 7.11 Å². The largest absolute Gasteiger partial charge is 0.382 e. The van der Waals surface area contributed by atoms with Crippen LogP contribution in [0.1, 0.15) is 18.9 Å². The lowest BCUT2D eigenvalue weighted by molar-refractivity contribution is 0.143. The van der Waals surface area contributed by atoms with Crippen molar-refractivity contribution < 1.29 is 4.74 Å². The maximum Gasteiger partial charge on any atom is 0.0725 e. The van der Waals surface area contributed by atoms with Crippen molar-refractivity contribution in [1.29, 1.82) is 0 Å². The first-order chi connectivity index (χ1) is 8.05. The van der Waals surface area contributed by atoms with Gasteiger partial charge in [-0.2, -0.15) is 0 Å². The first-order valence-corrected chi connectivity index (χ1v) is 6.59. The number of nitrogens with one attached hydrogen (secondary N) is 1. The van der Waals surface area contributed by atoms with Crippen molar-refractivity contribution in [1.82, 2.24) is 0 Å². The molecule has 0 radical (unpaired) electrons. The van der Waals surface area contributed by atoms with Crippen molar-refractivity contribution >= 4 is 21.6 Å². The van der Waals surface area contributed by atoms with Gasteiger partial charge in [0.2, 0.25) is 0 Å². The second kappa shape index (κ2) is 6.38. The molecule has 0 heterocycles. The second-order valence-electron chi connectivity index (χ2n) is 4.41. The summed E-state index contributed by atoms with van der Waals surface area (Å²) in [6, 6.07) is 6.25. The lowest BCUT2D eigenvalue weighted by Crippen LogP contribution is -2.48. The predicted molar refractivity (Wildman–Crippen MR) is 76.5 cm³/mol. The molecule has 0 bridgehead atoms. The van der Waals surface area contributed by atoms with Gasteiger partial charge in [0.15, 0.2) is 0 Å². The van der Waals surface area contributed by atoms with Gasteiger partial charge in [0.25, 0.3) is 0 Å². The molecule has 0 aromatic heterocycles. The van der Waals surface area contributed by atoms with Crippen LogP contribution in [0.2, 0.25) is 0 Å². The molecular weight excluding hydrogens is 280 g/mol. The third kappa shape index (κ3) is 3.98. The maximum atomic E-state index is 5.87.